The van der Waals surface area contributed by atoms with Gasteiger partial charge in [-0.2, -0.15) is 0 Å². The molecule has 0 bridgehead atoms. The zero-order chi connectivity index (χ0) is 17.3. The molecule has 3 amide bonds. The highest BCUT2D eigenvalue weighted by Crippen LogP contribution is 2.25. The molecule has 2 aliphatic rings. The summed E-state index contributed by atoms with van der Waals surface area (Å²) >= 11 is 0. The lowest BCUT2D eigenvalue weighted by Crippen LogP contribution is -2.47. The van der Waals surface area contributed by atoms with Crippen molar-refractivity contribution in [3.05, 3.63) is 30.3 Å². The molecule has 2 saturated heterocycles. The quantitative estimate of drug-likeness (QED) is 0.731. The second-order valence-corrected chi connectivity index (χ2v) is 8.26. The molecular formula is C16H18N2O5S. The van der Waals surface area contributed by atoms with E-state index in [1.807, 2.05) is 0 Å². The van der Waals surface area contributed by atoms with Gasteiger partial charge in [0.2, 0.25) is 17.7 Å². The summed E-state index contributed by atoms with van der Waals surface area (Å²) in [7, 11) is -3.17. The van der Waals surface area contributed by atoms with E-state index < -0.39 is 21.8 Å². The standard InChI is InChI=1S/C16H18N2O5S/c19-14-6-7-15(20)17(14)10-16(21)18(12-4-2-1-3-5-12)13-8-9-24(22,23)11-13/h1-5,13H,6-11H2/t13-/m1/s1. The van der Waals surface area contributed by atoms with Crippen molar-refractivity contribution in [2.24, 2.45) is 0 Å². The molecule has 7 nitrogen and oxygen atoms in total. The van der Waals surface area contributed by atoms with Crippen LogP contribution in [0.1, 0.15) is 19.3 Å². The summed E-state index contributed by atoms with van der Waals surface area (Å²) in [4.78, 5) is 38.6. The molecule has 2 fully saturated rings. The minimum Gasteiger partial charge on any atom is -0.307 e. The molecule has 0 saturated carbocycles. The molecule has 0 N–H and O–H groups in total. The first-order chi connectivity index (χ1) is 11.4. The van der Waals surface area contributed by atoms with E-state index in [0.29, 0.717) is 12.1 Å². The van der Waals surface area contributed by atoms with E-state index in [1.54, 1.807) is 30.3 Å². The average molecular weight is 350 g/mol. The Kier molecular flexibility index (Phi) is 4.40. The number of anilines is 1. The van der Waals surface area contributed by atoms with Gasteiger partial charge < -0.3 is 4.90 Å². The van der Waals surface area contributed by atoms with E-state index >= 15 is 0 Å². The smallest absolute Gasteiger partial charge is 0.247 e. The van der Waals surface area contributed by atoms with Crippen LogP contribution in [0.25, 0.3) is 0 Å². The van der Waals surface area contributed by atoms with Crippen molar-refractivity contribution in [2.75, 3.05) is 23.0 Å². The lowest BCUT2D eigenvalue weighted by Gasteiger charge is -2.29. The number of amides is 3. The molecule has 0 unspecified atom stereocenters. The third-order valence-electron chi connectivity index (χ3n) is 4.32. The van der Waals surface area contributed by atoms with Gasteiger partial charge in [0, 0.05) is 18.5 Å². The summed E-state index contributed by atoms with van der Waals surface area (Å²) in [5.74, 6) is -1.22. The van der Waals surface area contributed by atoms with Gasteiger partial charge in [-0.3, -0.25) is 19.3 Å². The molecule has 3 rings (SSSR count). The van der Waals surface area contributed by atoms with Crippen molar-refractivity contribution >= 4 is 33.2 Å². The fraction of sp³-hybridized carbons (Fsp3) is 0.438. The molecule has 2 aliphatic heterocycles. The normalized spacial score (nSPS) is 22.8. The number of rotatable bonds is 4. The Hall–Kier alpha value is -2.22. The van der Waals surface area contributed by atoms with Crippen LogP contribution in [0.2, 0.25) is 0 Å². The minimum atomic E-state index is -3.17. The minimum absolute atomic E-state index is 0.0376. The monoisotopic (exact) mass is 350 g/mol. The summed E-state index contributed by atoms with van der Waals surface area (Å²) in [5, 5.41) is 0. The van der Waals surface area contributed by atoms with Gasteiger partial charge in [0.1, 0.15) is 6.54 Å². The zero-order valence-electron chi connectivity index (χ0n) is 13.1. The predicted molar refractivity (Wildman–Crippen MR) is 86.9 cm³/mol. The number of nitrogens with zero attached hydrogens (tertiary/aromatic N) is 2. The largest absolute Gasteiger partial charge is 0.307 e. The van der Waals surface area contributed by atoms with Crippen LogP contribution >= 0.6 is 0 Å². The maximum atomic E-state index is 12.8. The summed E-state index contributed by atoms with van der Waals surface area (Å²) in [5.41, 5.74) is 0.573. The van der Waals surface area contributed by atoms with Crippen LogP contribution in [0.4, 0.5) is 5.69 Å². The molecule has 1 aromatic rings. The second kappa shape index (κ2) is 6.35. The van der Waals surface area contributed by atoms with Crippen LogP contribution in [0.5, 0.6) is 0 Å². The van der Waals surface area contributed by atoms with Crippen LogP contribution in [0.3, 0.4) is 0 Å². The summed E-state index contributed by atoms with van der Waals surface area (Å²) in [6.07, 6.45) is 0.593. The van der Waals surface area contributed by atoms with Gasteiger partial charge in [-0.05, 0) is 18.6 Å². The van der Waals surface area contributed by atoms with Crippen molar-refractivity contribution in [1.82, 2.24) is 4.90 Å². The third-order valence-corrected chi connectivity index (χ3v) is 6.08. The second-order valence-electron chi connectivity index (χ2n) is 6.03. The maximum absolute atomic E-state index is 12.8. The summed E-state index contributed by atoms with van der Waals surface area (Å²) in [6.45, 7) is -0.344. The van der Waals surface area contributed by atoms with Crippen molar-refractivity contribution in [3.63, 3.8) is 0 Å². The molecule has 0 radical (unpaired) electrons. The summed E-state index contributed by atoms with van der Waals surface area (Å²) in [6, 6.07) is 8.27. The lowest BCUT2D eigenvalue weighted by atomic mass is 10.1. The zero-order valence-corrected chi connectivity index (χ0v) is 13.9. The number of benzene rings is 1. The number of sulfone groups is 1. The van der Waals surface area contributed by atoms with Crippen LogP contribution in [0, 0.1) is 0 Å². The fourth-order valence-electron chi connectivity index (χ4n) is 3.14. The summed E-state index contributed by atoms with van der Waals surface area (Å²) < 4.78 is 23.6. The van der Waals surface area contributed by atoms with E-state index in [2.05, 4.69) is 0 Å². The molecule has 1 atom stereocenters. The molecule has 0 aliphatic carbocycles. The Morgan fingerprint density at radius 2 is 1.75 bits per heavy atom. The molecule has 0 spiro atoms. The topological polar surface area (TPSA) is 91.8 Å². The van der Waals surface area contributed by atoms with Crippen LogP contribution in [-0.4, -0.2) is 55.1 Å². The van der Waals surface area contributed by atoms with E-state index in [9.17, 15) is 22.8 Å². The molecular weight excluding hydrogens is 332 g/mol. The molecule has 8 heteroatoms. The number of carbonyl (C=O) groups excluding carboxylic acids is 3. The Morgan fingerprint density at radius 3 is 2.29 bits per heavy atom. The van der Waals surface area contributed by atoms with Gasteiger partial charge in [-0.25, -0.2) is 8.42 Å². The number of hydrogen-bond acceptors (Lipinski definition) is 5. The van der Waals surface area contributed by atoms with Crippen LogP contribution in [0.15, 0.2) is 30.3 Å². The first-order valence-corrected chi connectivity index (χ1v) is 9.60. The third kappa shape index (κ3) is 3.33. The number of hydrogen-bond donors (Lipinski definition) is 0. The van der Waals surface area contributed by atoms with Gasteiger partial charge in [-0.1, -0.05) is 18.2 Å². The lowest BCUT2D eigenvalue weighted by molar-refractivity contribution is -0.141. The first-order valence-electron chi connectivity index (χ1n) is 7.78. The Labute approximate surface area is 140 Å². The van der Waals surface area contributed by atoms with Crippen molar-refractivity contribution in [3.8, 4) is 0 Å². The number of likely N-dealkylation sites (tertiary alicyclic amines) is 1. The van der Waals surface area contributed by atoms with Gasteiger partial charge >= 0.3 is 0 Å². The molecule has 24 heavy (non-hydrogen) atoms. The predicted octanol–water partition coefficient (Wildman–Crippen LogP) is 0.356. The van der Waals surface area contributed by atoms with Crippen molar-refractivity contribution < 1.29 is 22.8 Å². The Morgan fingerprint density at radius 1 is 1.12 bits per heavy atom. The number of carbonyl (C=O) groups is 3. The molecule has 1 aromatic carbocycles. The SMILES string of the molecule is O=C1CCC(=O)N1CC(=O)N(c1ccccc1)[C@@H]1CCS(=O)(=O)C1. The van der Waals surface area contributed by atoms with Gasteiger partial charge in [0.15, 0.2) is 9.84 Å². The van der Waals surface area contributed by atoms with E-state index in [1.165, 1.54) is 4.90 Å². The Bertz CT molecular complexity index is 759. The number of imide groups is 1. The molecule has 128 valence electrons. The molecule has 2 heterocycles. The fourth-order valence-corrected chi connectivity index (χ4v) is 4.84. The van der Waals surface area contributed by atoms with Gasteiger partial charge in [0.25, 0.3) is 0 Å². The highest BCUT2D eigenvalue weighted by atomic mass is 32.2. The maximum Gasteiger partial charge on any atom is 0.247 e. The van der Waals surface area contributed by atoms with Gasteiger partial charge in [-0.15, -0.1) is 0 Å². The molecule has 0 aromatic heterocycles. The van der Waals surface area contributed by atoms with E-state index in [0.717, 1.165) is 4.90 Å². The van der Waals surface area contributed by atoms with Crippen molar-refractivity contribution in [2.45, 2.75) is 25.3 Å². The Balaban J connectivity index is 1.86. The van der Waals surface area contributed by atoms with E-state index in [4.69, 9.17) is 0 Å². The van der Waals surface area contributed by atoms with Crippen LogP contribution in [-0.2, 0) is 24.2 Å². The van der Waals surface area contributed by atoms with Crippen LogP contribution < -0.4 is 4.90 Å². The highest BCUT2D eigenvalue weighted by Gasteiger charge is 2.38. The van der Waals surface area contributed by atoms with Gasteiger partial charge in [0.05, 0.1) is 17.5 Å². The van der Waals surface area contributed by atoms with E-state index in [-0.39, 0.29) is 42.7 Å². The number of para-hydroxylation sites is 1. The van der Waals surface area contributed by atoms with Crippen molar-refractivity contribution in [1.29, 1.82) is 0 Å². The highest BCUT2D eigenvalue weighted by molar-refractivity contribution is 7.91. The average Bonchev–Trinajstić information content (AvgIpc) is 3.05. The first kappa shape index (κ1) is 16.6.